The molecular weight excluding hydrogens is 296 g/mol. The molecule has 116 valence electrons. The number of hydrogen-bond donors (Lipinski definition) is 2. The van der Waals surface area contributed by atoms with Gasteiger partial charge in [0.25, 0.3) is 0 Å². The second-order valence-corrected chi connectivity index (χ2v) is 5.52. The van der Waals surface area contributed by atoms with Crippen molar-refractivity contribution in [1.82, 2.24) is 9.55 Å². The zero-order valence-corrected chi connectivity index (χ0v) is 12.1. The summed E-state index contributed by atoms with van der Waals surface area (Å²) in [5.74, 6) is -0.739. The normalized spacial score (nSPS) is 14.8. The molecule has 6 nitrogen and oxygen atoms in total. The average molecular weight is 310 g/mol. The van der Waals surface area contributed by atoms with Crippen molar-refractivity contribution in [2.24, 2.45) is 0 Å². The van der Waals surface area contributed by atoms with Gasteiger partial charge in [-0.15, -0.1) is 0 Å². The van der Waals surface area contributed by atoms with Crippen molar-refractivity contribution in [3.8, 4) is 17.1 Å². The van der Waals surface area contributed by atoms with Crippen LogP contribution in [-0.2, 0) is 4.74 Å². The van der Waals surface area contributed by atoms with Crippen LogP contribution >= 0.6 is 0 Å². The van der Waals surface area contributed by atoms with E-state index in [-0.39, 0.29) is 17.4 Å². The number of aromatic carboxylic acids is 1. The lowest BCUT2D eigenvalue weighted by Gasteiger charge is -2.29. The van der Waals surface area contributed by atoms with Crippen molar-refractivity contribution >= 4 is 17.0 Å². The molecule has 0 radical (unpaired) electrons. The number of aromatic nitrogens is 2. The van der Waals surface area contributed by atoms with Crippen LogP contribution in [0.2, 0.25) is 0 Å². The van der Waals surface area contributed by atoms with Gasteiger partial charge in [-0.2, -0.15) is 0 Å². The molecular formula is C17H14N2O4. The van der Waals surface area contributed by atoms with Crippen molar-refractivity contribution in [2.45, 2.75) is 6.04 Å². The van der Waals surface area contributed by atoms with Crippen LogP contribution in [-0.4, -0.2) is 38.9 Å². The number of rotatable bonds is 3. The first-order chi connectivity index (χ1) is 11.1. The number of benzene rings is 2. The summed E-state index contributed by atoms with van der Waals surface area (Å²) in [6.45, 7) is 1.22. The average Bonchev–Trinajstić information content (AvgIpc) is 2.85. The number of hydrogen-bond acceptors (Lipinski definition) is 4. The fraction of sp³-hybridized carbons (Fsp3) is 0.176. The fourth-order valence-corrected chi connectivity index (χ4v) is 2.84. The molecule has 4 rings (SSSR count). The van der Waals surface area contributed by atoms with Gasteiger partial charge in [-0.25, -0.2) is 9.78 Å². The molecule has 1 aliphatic rings. The number of ether oxygens (including phenoxy) is 1. The molecule has 3 aromatic rings. The molecule has 0 spiro atoms. The topological polar surface area (TPSA) is 84.6 Å². The van der Waals surface area contributed by atoms with Crippen molar-refractivity contribution in [2.75, 3.05) is 13.2 Å². The Balaban J connectivity index is 1.95. The summed E-state index contributed by atoms with van der Waals surface area (Å²) in [6.07, 6.45) is 0. The highest BCUT2D eigenvalue weighted by Crippen LogP contribution is 2.33. The third kappa shape index (κ3) is 2.15. The van der Waals surface area contributed by atoms with Crippen LogP contribution in [0, 0.1) is 0 Å². The molecule has 1 aliphatic heterocycles. The Labute approximate surface area is 131 Å². The van der Waals surface area contributed by atoms with E-state index in [9.17, 15) is 15.0 Å². The molecule has 6 heteroatoms. The second-order valence-electron chi connectivity index (χ2n) is 5.52. The van der Waals surface area contributed by atoms with Gasteiger partial charge in [-0.1, -0.05) is 12.1 Å². The van der Waals surface area contributed by atoms with E-state index in [1.807, 2.05) is 24.3 Å². The van der Waals surface area contributed by atoms with E-state index in [4.69, 9.17) is 4.74 Å². The van der Waals surface area contributed by atoms with Crippen molar-refractivity contribution in [3.05, 3.63) is 48.0 Å². The highest BCUT2D eigenvalue weighted by atomic mass is 16.5. The van der Waals surface area contributed by atoms with E-state index in [1.165, 1.54) is 12.1 Å². The van der Waals surface area contributed by atoms with E-state index in [1.54, 1.807) is 6.07 Å². The Kier molecular flexibility index (Phi) is 3.06. The monoisotopic (exact) mass is 310 g/mol. The van der Waals surface area contributed by atoms with E-state index in [0.29, 0.717) is 24.6 Å². The summed E-state index contributed by atoms with van der Waals surface area (Å²) in [4.78, 5) is 15.9. The summed E-state index contributed by atoms with van der Waals surface area (Å²) in [7, 11) is 0. The first kappa shape index (κ1) is 13.8. The number of carbonyl (C=O) groups is 1. The number of para-hydroxylation sites is 2. The number of fused-ring (bicyclic) bond motifs is 1. The molecule has 1 aromatic heterocycles. The maximum absolute atomic E-state index is 11.3. The van der Waals surface area contributed by atoms with Crippen LogP contribution in [0.4, 0.5) is 0 Å². The number of phenols is 1. The third-order valence-corrected chi connectivity index (χ3v) is 4.07. The van der Waals surface area contributed by atoms with E-state index < -0.39 is 5.97 Å². The lowest BCUT2D eigenvalue weighted by atomic mass is 10.1. The summed E-state index contributed by atoms with van der Waals surface area (Å²) < 4.78 is 7.38. The Hall–Kier alpha value is -2.86. The number of aromatic hydroxyl groups is 1. The van der Waals surface area contributed by atoms with Gasteiger partial charge in [0.05, 0.1) is 30.3 Å². The van der Waals surface area contributed by atoms with E-state index >= 15 is 0 Å². The number of carboxylic acids is 1. The van der Waals surface area contributed by atoms with Crippen molar-refractivity contribution in [3.63, 3.8) is 0 Å². The number of nitrogens with zero attached hydrogens (tertiary/aromatic N) is 2. The predicted molar refractivity (Wildman–Crippen MR) is 83.6 cm³/mol. The van der Waals surface area contributed by atoms with Gasteiger partial charge in [0, 0.05) is 5.56 Å². The Morgan fingerprint density at radius 1 is 1.22 bits per heavy atom. The SMILES string of the molecule is O=C(O)c1cc(-c2nc3ccccc3n2C2COC2)ccc1O. The molecule has 0 amide bonds. The quantitative estimate of drug-likeness (QED) is 0.777. The molecule has 2 N–H and O–H groups in total. The van der Waals surface area contributed by atoms with Gasteiger partial charge in [0.2, 0.25) is 0 Å². The summed E-state index contributed by atoms with van der Waals surface area (Å²) in [5.41, 5.74) is 2.36. The molecule has 0 bridgehead atoms. The van der Waals surface area contributed by atoms with Crippen molar-refractivity contribution < 1.29 is 19.7 Å². The number of imidazole rings is 1. The summed E-state index contributed by atoms with van der Waals surface area (Å²) in [6, 6.07) is 12.5. The fourth-order valence-electron chi connectivity index (χ4n) is 2.84. The van der Waals surface area contributed by atoms with Crippen LogP contribution in [0.1, 0.15) is 16.4 Å². The van der Waals surface area contributed by atoms with Crippen molar-refractivity contribution in [1.29, 1.82) is 0 Å². The largest absolute Gasteiger partial charge is 0.507 e. The van der Waals surface area contributed by atoms with Gasteiger partial charge < -0.3 is 19.5 Å². The molecule has 0 saturated carbocycles. The maximum Gasteiger partial charge on any atom is 0.339 e. The van der Waals surface area contributed by atoms with Gasteiger partial charge in [0.1, 0.15) is 17.1 Å². The minimum atomic E-state index is -1.17. The summed E-state index contributed by atoms with van der Waals surface area (Å²) in [5, 5.41) is 18.9. The Morgan fingerprint density at radius 2 is 2.00 bits per heavy atom. The van der Waals surface area contributed by atoms with Gasteiger partial charge in [-0.05, 0) is 30.3 Å². The third-order valence-electron chi connectivity index (χ3n) is 4.07. The van der Waals surface area contributed by atoms with Crippen LogP contribution in [0.3, 0.4) is 0 Å². The lowest BCUT2D eigenvalue weighted by molar-refractivity contribution is -0.0209. The van der Waals surface area contributed by atoms with Gasteiger partial charge >= 0.3 is 5.97 Å². The van der Waals surface area contributed by atoms with Crippen LogP contribution in [0.15, 0.2) is 42.5 Å². The molecule has 1 saturated heterocycles. The second kappa shape index (κ2) is 5.10. The molecule has 2 heterocycles. The Bertz CT molecular complexity index is 912. The van der Waals surface area contributed by atoms with Gasteiger partial charge in [-0.3, -0.25) is 0 Å². The van der Waals surface area contributed by atoms with Crippen LogP contribution in [0.25, 0.3) is 22.4 Å². The standard InChI is InChI=1S/C17H14N2O4/c20-15-6-5-10(7-12(15)17(21)22)16-18-13-3-1-2-4-14(13)19(16)11-8-23-9-11/h1-7,11,20H,8-9H2,(H,21,22). The highest BCUT2D eigenvalue weighted by Gasteiger charge is 2.26. The minimum Gasteiger partial charge on any atom is -0.507 e. The minimum absolute atomic E-state index is 0.133. The Morgan fingerprint density at radius 3 is 2.70 bits per heavy atom. The smallest absolute Gasteiger partial charge is 0.339 e. The first-order valence-electron chi connectivity index (χ1n) is 7.26. The molecule has 0 unspecified atom stereocenters. The zero-order valence-electron chi connectivity index (χ0n) is 12.1. The van der Waals surface area contributed by atoms with E-state index in [2.05, 4.69) is 9.55 Å². The van der Waals surface area contributed by atoms with E-state index in [0.717, 1.165) is 11.0 Å². The highest BCUT2D eigenvalue weighted by molar-refractivity contribution is 5.92. The van der Waals surface area contributed by atoms with Crippen LogP contribution < -0.4 is 0 Å². The molecule has 1 fully saturated rings. The first-order valence-corrected chi connectivity index (χ1v) is 7.26. The molecule has 23 heavy (non-hydrogen) atoms. The number of carboxylic acid groups (broad SMARTS) is 1. The summed E-state index contributed by atoms with van der Waals surface area (Å²) >= 11 is 0. The molecule has 0 atom stereocenters. The predicted octanol–water partition coefficient (Wildman–Crippen LogP) is 2.68. The lowest BCUT2D eigenvalue weighted by Crippen LogP contribution is -2.31. The maximum atomic E-state index is 11.3. The zero-order chi connectivity index (χ0) is 16.0. The van der Waals surface area contributed by atoms with Gasteiger partial charge in [0.15, 0.2) is 0 Å². The van der Waals surface area contributed by atoms with Crippen LogP contribution in [0.5, 0.6) is 5.75 Å². The molecule has 0 aliphatic carbocycles. The molecule has 2 aromatic carbocycles.